The molecule has 0 aliphatic carbocycles. The molecule has 2 N–H and O–H groups in total. The molecule has 1 fully saturated rings. The number of nitrogens with zero attached hydrogens (tertiary/aromatic N) is 1. The molecule has 1 atom stereocenters. The summed E-state index contributed by atoms with van der Waals surface area (Å²) >= 11 is 0. The summed E-state index contributed by atoms with van der Waals surface area (Å²) in [7, 11) is 1.56. The molecule has 1 saturated heterocycles. The van der Waals surface area contributed by atoms with Crippen LogP contribution in [0.15, 0.2) is 72.4 Å². The maximum Gasteiger partial charge on any atom is 0.300 e. The summed E-state index contributed by atoms with van der Waals surface area (Å²) in [5.74, 6) is -0.0801. The van der Waals surface area contributed by atoms with E-state index in [1.807, 2.05) is 31.2 Å². The predicted molar refractivity (Wildman–Crippen MR) is 133 cm³/mol. The van der Waals surface area contributed by atoms with Crippen molar-refractivity contribution < 1.29 is 28.9 Å². The number of carbonyl (C=O) groups is 2. The number of methoxy groups -OCH3 is 1. The van der Waals surface area contributed by atoms with Crippen LogP contribution in [-0.4, -0.2) is 35.7 Å². The molecule has 8 heteroatoms. The molecule has 36 heavy (non-hydrogen) atoms. The van der Waals surface area contributed by atoms with Crippen LogP contribution < -0.4 is 19.1 Å². The minimum Gasteiger partial charge on any atom is -0.507 e. The number of hydrogen-bond acceptors (Lipinski definition) is 6. The number of ether oxygens (including phenoxy) is 3. The Bertz CT molecular complexity index is 1580. The second-order valence-corrected chi connectivity index (χ2v) is 8.68. The van der Waals surface area contributed by atoms with Crippen molar-refractivity contribution in [2.24, 2.45) is 0 Å². The van der Waals surface area contributed by atoms with E-state index in [0.29, 0.717) is 39.6 Å². The van der Waals surface area contributed by atoms with Gasteiger partial charge in [0.1, 0.15) is 11.5 Å². The van der Waals surface area contributed by atoms with E-state index in [9.17, 15) is 14.7 Å². The minimum atomic E-state index is -0.872. The zero-order valence-electron chi connectivity index (χ0n) is 19.6. The van der Waals surface area contributed by atoms with Gasteiger partial charge in [-0.25, -0.2) is 0 Å². The lowest BCUT2D eigenvalue weighted by Gasteiger charge is -2.25. The average Bonchev–Trinajstić information content (AvgIpc) is 3.59. The lowest BCUT2D eigenvalue weighted by atomic mass is 9.93. The fourth-order valence-electron chi connectivity index (χ4n) is 4.92. The number of carbonyl (C=O) groups excluding carboxylic acids is 2. The summed E-state index contributed by atoms with van der Waals surface area (Å²) in [6.07, 6.45) is 1.77. The Labute approximate surface area is 206 Å². The number of H-pyrrole nitrogens is 1. The van der Waals surface area contributed by atoms with Crippen molar-refractivity contribution in [3.63, 3.8) is 0 Å². The summed E-state index contributed by atoms with van der Waals surface area (Å²) in [6, 6.07) is 17.0. The molecule has 0 bridgehead atoms. The van der Waals surface area contributed by atoms with Gasteiger partial charge in [-0.3, -0.25) is 14.5 Å². The highest BCUT2D eigenvalue weighted by molar-refractivity contribution is 6.52. The van der Waals surface area contributed by atoms with Crippen LogP contribution in [0.25, 0.3) is 16.7 Å². The van der Waals surface area contributed by atoms with Crippen LogP contribution in [0.3, 0.4) is 0 Å². The number of aryl methyl sites for hydroxylation is 1. The van der Waals surface area contributed by atoms with E-state index < -0.39 is 17.7 Å². The molecular weight excluding hydrogens is 460 g/mol. The Hall–Kier alpha value is -4.72. The van der Waals surface area contributed by atoms with E-state index in [4.69, 9.17) is 14.2 Å². The van der Waals surface area contributed by atoms with Gasteiger partial charge >= 0.3 is 0 Å². The number of benzene rings is 3. The molecule has 180 valence electrons. The molecule has 2 aliphatic rings. The molecular formula is C28H22N2O6. The molecule has 3 aromatic carbocycles. The van der Waals surface area contributed by atoms with Crippen LogP contribution in [0.1, 0.15) is 22.7 Å². The quantitative estimate of drug-likeness (QED) is 0.245. The summed E-state index contributed by atoms with van der Waals surface area (Å²) in [5.41, 5.74) is 3.17. The van der Waals surface area contributed by atoms with E-state index in [0.717, 1.165) is 10.9 Å². The Morgan fingerprint density at radius 1 is 1.06 bits per heavy atom. The number of anilines is 1. The third-order valence-corrected chi connectivity index (χ3v) is 6.68. The van der Waals surface area contributed by atoms with Crippen molar-refractivity contribution in [3.05, 3.63) is 89.1 Å². The number of aromatic amines is 1. The Morgan fingerprint density at radius 2 is 1.86 bits per heavy atom. The predicted octanol–water partition coefficient (Wildman–Crippen LogP) is 4.84. The van der Waals surface area contributed by atoms with Gasteiger partial charge in [0.2, 0.25) is 6.79 Å². The van der Waals surface area contributed by atoms with E-state index in [-0.39, 0.29) is 18.1 Å². The van der Waals surface area contributed by atoms with Gasteiger partial charge < -0.3 is 24.3 Å². The van der Waals surface area contributed by atoms with Gasteiger partial charge in [-0.15, -0.1) is 0 Å². The Balaban J connectivity index is 1.59. The fourth-order valence-corrected chi connectivity index (χ4v) is 4.92. The number of nitrogens with one attached hydrogen (secondary N) is 1. The number of hydrogen-bond donors (Lipinski definition) is 2. The highest BCUT2D eigenvalue weighted by Crippen LogP contribution is 2.46. The highest BCUT2D eigenvalue weighted by atomic mass is 16.7. The molecule has 1 unspecified atom stereocenters. The molecule has 0 saturated carbocycles. The standard InChI is InChI=1S/C28H22N2O6/c1-15-11-17(34-2)8-9-18(15)26(31)24-25(20-13-29-21-6-4-3-5-19(20)21)30(28(33)27(24)32)16-7-10-22-23(12-16)36-14-35-22/h3-13,25,29,31H,14H2,1-2H3/b26-24+. The van der Waals surface area contributed by atoms with Gasteiger partial charge in [0.05, 0.1) is 18.7 Å². The van der Waals surface area contributed by atoms with Crippen LogP contribution in [0, 0.1) is 6.92 Å². The molecule has 1 amide bonds. The van der Waals surface area contributed by atoms with Crippen molar-refractivity contribution in [3.8, 4) is 17.2 Å². The number of amides is 1. The maximum atomic E-state index is 13.5. The van der Waals surface area contributed by atoms with Gasteiger partial charge in [-0.05, 0) is 48.9 Å². The van der Waals surface area contributed by atoms with Gasteiger partial charge in [-0.2, -0.15) is 0 Å². The van der Waals surface area contributed by atoms with Crippen LogP contribution in [-0.2, 0) is 9.59 Å². The molecule has 6 rings (SSSR count). The molecule has 1 aromatic heterocycles. The van der Waals surface area contributed by atoms with E-state index in [1.54, 1.807) is 49.7 Å². The second-order valence-electron chi connectivity index (χ2n) is 8.68. The van der Waals surface area contributed by atoms with Crippen molar-refractivity contribution in [2.45, 2.75) is 13.0 Å². The van der Waals surface area contributed by atoms with Crippen molar-refractivity contribution >= 4 is 34.0 Å². The SMILES string of the molecule is COc1ccc(/C(O)=C2\C(=O)C(=O)N(c3ccc4c(c3)OCO4)C2c2c[nH]c3ccccc23)c(C)c1. The smallest absolute Gasteiger partial charge is 0.300 e. The Kier molecular flexibility index (Phi) is 4.96. The van der Waals surface area contributed by atoms with Gasteiger partial charge in [0.15, 0.2) is 11.5 Å². The number of rotatable bonds is 4. The van der Waals surface area contributed by atoms with E-state index in [1.165, 1.54) is 4.90 Å². The van der Waals surface area contributed by atoms with Gasteiger partial charge in [0.25, 0.3) is 11.7 Å². The number of ketones is 1. The van der Waals surface area contributed by atoms with Crippen LogP contribution in [0.5, 0.6) is 17.2 Å². The molecule has 3 heterocycles. The topological polar surface area (TPSA) is 101 Å². The summed E-state index contributed by atoms with van der Waals surface area (Å²) in [4.78, 5) is 31.6. The molecule has 2 aliphatic heterocycles. The number of Topliss-reactive ketones (excluding diaryl/α,β-unsaturated/α-hetero) is 1. The summed E-state index contributed by atoms with van der Waals surface area (Å²) in [5, 5.41) is 12.3. The Morgan fingerprint density at radius 3 is 2.67 bits per heavy atom. The monoisotopic (exact) mass is 482 g/mol. The van der Waals surface area contributed by atoms with Crippen molar-refractivity contribution in [2.75, 3.05) is 18.8 Å². The fraction of sp³-hybridized carbons (Fsp3) is 0.143. The zero-order valence-corrected chi connectivity index (χ0v) is 19.6. The highest BCUT2D eigenvalue weighted by Gasteiger charge is 2.48. The summed E-state index contributed by atoms with van der Waals surface area (Å²) in [6.45, 7) is 1.90. The first-order valence-electron chi connectivity index (χ1n) is 11.4. The van der Waals surface area contributed by atoms with Gasteiger partial charge in [-0.1, -0.05) is 18.2 Å². The second kappa shape index (κ2) is 8.20. The average molecular weight is 482 g/mol. The zero-order chi connectivity index (χ0) is 25.0. The first kappa shape index (κ1) is 21.8. The van der Waals surface area contributed by atoms with Gasteiger partial charge in [0, 0.05) is 40.0 Å². The number of fused-ring (bicyclic) bond motifs is 2. The lowest BCUT2D eigenvalue weighted by Crippen LogP contribution is -2.29. The molecule has 8 nitrogen and oxygen atoms in total. The third-order valence-electron chi connectivity index (χ3n) is 6.68. The van der Waals surface area contributed by atoms with Crippen LogP contribution in [0.4, 0.5) is 5.69 Å². The van der Waals surface area contributed by atoms with E-state index >= 15 is 0 Å². The number of para-hydroxylation sites is 1. The van der Waals surface area contributed by atoms with Crippen molar-refractivity contribution in [1.29, 1.82) is 0 Å². The summed E-state index contributed by atoms with van der Waals surface area (Å²) < 4.78 is 16.2. The van der Waals surface area contributed by atoms with Crippen LogP contribution in [0.2, 0.25) is 0 Å². The van der Waals surface area contributed by atoms with E-state index in [2.05, 4.69) is 4.98 Å². The number of aromatic nitrogens is 1. The molecule has 4 aromatic rings. The lowest BCUT2D eigenvalue weighted by molar-refractivity contribution is -0.132. The molecule has 0 spiro atoms. The molecule has 0 radical (unpaired) electrons. The maximum absolute atomic E-state index is 13.5. The van der Waals surface area contributed by atoms with Crippen LogP contribution >= 0.6 is 0 Å². The normalized spacial score (nSPS) is 18.3. The number of aliphatic hydroxyl groups is 1. The third kappa shape index (κ3) is 3.22. The minimum absolute atomic E-state index is 0.00990. The first-order valence-corrected chi connectivity index (χ1v) is 11.4. The number of aliphatic hydroxyl groups excluding tert-OH is 1. The largest absolute Gasteiger partial charge is 0.507 e. The van der Waals surface area contributed by atoms with Crippen molar-refractivity contribution in [1.82, 2.24) is 4.98 Å². The first-order chi connectivity index (χ1) is 17.5.